The molecule has 5 nitrogen and oxygen atoms in total. The molecule has 0 bridgehead atoms. The first kappa shape index (κ1) is 10.9. The summed E-state index contributed by atoms with van der Waals surface area (Å²) in [6.07, 6.45) is 0. The van der Waals surface area contributed by atoms with Crippen LogP contribution in [0.5, 0.6) is 0 Å². The van der Waals surface area contributed by atoms with E-state index in [1.54, 1.807) is 0 Å². The van der Waals surface area contributed by atoms with Gasteiger partial charge in [-0.2, -0.15) is 4.37 Å². The SMILES string of the molecule is Cc1nsc(NCC(=O)NC(C)C)n1. The van der Waals surface area contributed by atoms with Crippen LogP contribution in [0.1, 0.15) is 19.7 Å². The first-order valence-corrected chi connectivity index (χ1v) is 5.19. The average Bonchev–Trinajstić information content (AvgIpc) is 2.47. The number of rotatable bonds is 4. The van der Waals surface area contributed by atoms with Gasteiger partial charge in [-0.25, -0.2) is 4.98 Å². The topological polar surface area (TPSA) is 66.9 Å². The van der Waals surface area contributed by atoms with Crippen molar-refractivity contribution in [1.82, 2.24) is 14.7 Å². The summed E-state index contributed by atoms with van der Waals surface area (Å²) in [6, 6.07) is 0.167. The minimum Gasteiger partial charge on any atom is -0.352 e. The van der Waals surface area contributed by atoms with Gasteiger partial charge in [-0.1, -0.05) is 0 Å². The molecule has 0 radical (unpaired) electrons. The number of aromatic nitrogens is 2. The van der Waals surface area contributed by atoms with Gasteiger partial charge in [0.1, 0.15) is 5.82 Å². The summed E-state index contributed by atoms with van der Waals surface area (Å²) < 4.78 is 3.99. The van der Waals surface area contributed by atoms with Crippen LogP contribution in [0, 0.1) is 6.92 Å². The molecule has 0 unspecified atom stereocenters. The van der Waals surface area contributed by atoms with Gasteiger partial charge in [-0.05, 0) is 20.8 Å². The van der Waals surface area contributed by atoms with Gasteiger partial charge >= 0.3 is 0 Å². The van der Waals surface area contributed by atoms with E-state index in [1.165, 1.54) is 11.5 Å². The van der Waals surface area contributed by atoms with Crippen molar-refractivity contribution >= 4 is 22.6 Å². The first-order valence-electron chi connectivity index (χ1n) is 4.41. The molecule has 1 aromatic heterocycles. The summed E-state index contributed by atoms with van der Waals surface area (Å²) in [5.74, 6) is 0.689. The molecule has 0 aliphatic heterocycles. The van der Waals surface area contributed by atoms with Gasteiger partial charge in [-0.15, -0.1) is 0 Å². The molecule has 0 saturated heterocycles. The highest BCUT2D eigenvalue weighted by Crippen LogP contribution is 2.08. The summed E-state index contributed by atoms with van der Waals surface area (Å²) in [5.41, 5.74) is 0. The Bertz CT molecular complexity index is 310. The molecule has 0 atom stereocenters. The van der Waals surface area contributed by atoms with Gasteiger partial charge in [0.2, 0.25) is 11.0 Å². The van der Waals surface area contributed by atoms with Crippen molar-refractivity contribution in [1.29, 1.82) is 0 Å². The van der Waals surface area contributed by atoms with E-state index in [9.17, 15) is 4.79 Å². The summed E-state index contributed by atoms with van der Waals surface area (Å²) >= 11 is 1.26. The van der Waals surface area contributed by atoms with Crippen molar-refractivity contribution in [2.75, 3.05) is 11.9 Å². The zero-order valence-electron chi connectivity index (χ0n) is 8.50. The Kier molecular flexibility index (Phi) is 3.82. The monoisotopic (exact) mass is 214 g/mol. The quantitative estimate of drug-likeness (QED) is 0.777. The number of nitrogens with one attached hydrogen (secondary N) is 2. The molecule has 0 saturated carbocycles. The highest BCUT2D eigenvalue weighted by molar-refractivity contribution is 7.09. The molecule has 0 aliphatic rings. The van der Waals surface area contributed by atoms with Crippen LogP contribution in [0.15, 0.2) is 0 Å². The van der Waals surface area contributed by atoms with Crippen LogP contribution in [0.3, 0.4) is 0 Å². The van der Waals surface area contributed by atoms with Crippen LogP contribution < -0.4 is 10.6 Å². The fourth-order valence-electron chi connectivity index (χ4n) is 0.898. The molecule has 0 aliphatic carbocycles. The van der Waals surface area contributed by atoms with E-state index in [2.05, 4.69) is 20.0 Å². The lowest BCUT2D eigenvalue weighted by Crippen LogP contribution is -2.34. The number of anilines is 1. The summed E-state index contributed by atoms with van der Waals surface area (Å²) in [4.78, 5) is 15.3. The predicted octanol–water partition coefficient (Wildman–Crippen LogP) is 0.783. The number of carbonyl (C=O) groups is 1. The van der Waals surface area contributed by atoms with Crippen LogP contribution in [-0.2, 0) is 4.79 Å². The minimum atomic E-state index is -0.0344. The van der Waals surface area contributed by atoms with E-state index in [4.69, 9.17) is 0 Å². The normalized spacial score (nSPS) is 10.3. The molecule has 0 aromatic carbocycles. The van der Waals surface area contributed by atoms with Crippen molar-refractivity contribution in [2.24, 2.45) is 0 Å². The van der Waals surface area contributed by atoms with Crippen molar-refractivity contribution in [3.63, 3.8) is 0 Å². The van der Waals surface area contributed by atoms with Gasteiger partial charge in [-0.3, -0.25) is 4.79 Å². The van der Waals surface area contributed by atoms with Crippen LogP contribution in [-0.4, -0.2) is 27.9 Å². The van der Waals surface area contributed by atoms with E-state index >= 15 is 0 Å². The van der Waals surface area contributed by atoms with Gasteiger partial charge in [0.25, 0.3) is 0 Å². The van der Waals surface area contributed by atoms with Crippen molar-refractivity contribution in [3.05, 3.63) is 5.82 Å². The number of nitrogens with zero attached hydrogens (tertiary/aromatic N) is 2. The molecule has 0 spiro atoms. The van der Waals surface area contributed by atoms with Crippen LogP contribution in [0.2, 0.25) is 0 Å². The largest absolute Gasteiger partial charge is 0.352 e. The summed E-state index contributed by atoms with van der Waals surface area (Å²) in [5, 5.41) is 6.36. The molecular formula is C8H14N4OS. The van der Waals surface area contributed by atoms with E-state index in [0.717, 1.165) is 5.82 Å². The molecule has 6 heteroatoms. The van der Waals surface area contributed by atoms with E-state index in [0.29, 0.717) is 5.13 Å². The highest BCUT2D eigenvalue weighted by Gasteiger charge is 2.04. The van der Waals surface area contributed by atoms with Crippen molar-refractivity contribution < 1.29 is 4.79 Å². The van der Waals surface area contributed by atoms with E-state index < -0.39 is 0 Å². The van der Waals surface area contributed by atoms with Crippen LogP contribution in [0.4, 0.5) is 5.13 Å². The lowest BCUT2D eigenvalue weighted by atomic mass is 10.4. The highest BCUT2D eigenvalue weighted by atomic mass is 32.1. The third-order valence-corrected chi connectivity index (χ3v) is 2.14. The Morgan fingerprint density at radius 1 is 1.57 bits per heavy atom. The fourth-order valence-corrected chi connectivity index (χ4v) is 1.47. The third kappa shape index (κ3) is 3.69. The van der Waals surface area contributed by atoms with Gasteiger partial charge in [0, 0.05) is 17.6 Å². The average molecular weight is 214 g/mol. The molecule has 14 heavy (non-hydrogen) atoms. The summed E-state index contributed by atoms with van der Waals surface area (Å²) in [6.45, 7) is 5.91. The lowest BCUT2D eigenvalue weighted by molar-refractivity contribution is -0.119. The van der Waals surface area contributed by atoms with Gasteiger partial charge in [0.15, 0.2) is 0 Å². The Morgan fingerprint density at radius 2 is 2.29 bits per heavy atom. The van der Waals surface area contributed by atoms with Crippen LogP contribution >= 0.6 is 11.5 Å². The van der Waals surface area contributed by atoms with Gasteiger partial charge < -0.3 is 10.6 Å². The second-order valence-corrected chi connectivity index (χ2v) is 3.97. The standard InChI is InChI=1S/C8H14N4OS/c1-5(2)10-7(13)4-9-8-11-6(3)12-14-8/h5H,4H2,1-3H3,(H,10,13)(H,9,11,12). The maximum absolute atomic E-state index is 11.2. The van der Waals surface area contributed by atoms with E-state index in [1.807, 2.05) is 20.8 Å². The van der Waals surface area contributed by atoms with Gasteiger partial charge in [0.05, 0.1) is 6.54 Å². The predicted molar refractivity (Wildman–Crippen MR) is 56.4 cm³/mol. The third-order valence-electron chi connectivity index (χ3n) is 1.38. The second-order valence-electron chi connectivity index (χ2n) is 3.22. The molecule has 1 rings (SSSR count). The number of aryl methyl sites for hydroxylation is 1. The smallest absolute Gasteiger partial charge is 0.239 e. The molecular weight excluding hydrogens is 200 g/mol. The maximum Gasteiger partial charge on any atom is 0.239 e. The van der Waals surface area contributed by atoms with Crippen molar-refractivity contribution in [2.45, 2.75) is 26.8 Å². The minimum absolute atomic E-state index is 0.0344. The Labute approximate surface area is 87.1 Å². The number of hydrogen-bond donors (Lipinski definition) is 2. The molecule has 1 heterocycles. The van der Waals surface area contributed by atoms with E-state index in [-0.39, 0.29) is 18.5 Å². The van der Waals surface area contributed by atoms with Crippen molar-refractivity contribution in [3.8, 4) is 0 Å². The Morgan fingerprint density at radius 3 is 2.79 bits per heavy atom. The Hall–Kier alpha value is -1.17. The first-order chi connectivity index (χ1) is 6.58. The second kappa shape index (κ2) is 4.90. The maximum atomic E-state index is 11.2. The molecule has 0 fully saturated rings. The zero-order valence-corrected chi connectivity index (χ0v) is 9.31. The Balaban J connectivity index is 2.30. The molecule has 1 aromatic rings. The number of amides is 1. The number of hydrogen-bond acceptors (Lipinski definition) is 5. The molecule has 2 N–H and O–H groups in total. The molecule has 1 amide bonds. The lowest BCUT2D eigenvalue weighted by Gasteiger charge is -2.07. The number of carbonyl (C=O) groups excluding carboxylic acids is 1. The van der Waals surface area contributed by atoms with Crippen LogP contribution in [0.25, 0.3) is 0 Å². The zero-order chi connectivity index (χ0) is 10.6. The fraction of sp³-hybridized carbons (Fsp3) is 0.625. The molecule has 78 valence electrons. The summed E-state index contributed by atoms with van der Waals surface area (Å²) in [7, 11) is 0.